The summed E-state index contributed by atoms with van der Waals surface area (Å²) in [5.74, 6) is -0.546. The Labute approximate surface area is 142 Å². The molecule has 0 unspecified atom stereocenters. The topological polar surface area (TPSA) is 77.4 Å². The Morgan fingerprint density at radius 3 is 2.42 bits per heavy atom. The lowest BCUT2D eigenvalue weighted by Gasteiger charge is -2.10. The molecule has 7 heteroatoms. The van der Waals surface area contributed by atoms with Gasteiger partial charge in [0.05, 0.1) is 6.61 Å². The van der Waals surface area contributed by atoms with Crippen LogP contribution in [0.4, 0.5) is 5.69 Å². The summed E-state index contributed by atoms with van der Waals surface area (Å²) in [6.07, 6.45) is 0. The van der Waals surface area contributed by atoms with Gasteiger partial charge in [0.15, 0.2) is 0 Å². The summed E-state index contributed by atoms with van der Waals surface area (Å²) in [6.45, 7) is 7.46. The van der Waals surface area contributed by atoms with Gasteiger partial charge in [-0.3, -0.25) is 4.72 Å². The highest BCUT2D eigenvalue weighted by Gasteiger charge is 2.25. The number of ether oxygens (including phenoxy) is 1. The van der Waals surface area contributed by atoms with Crippen LogP contribution in [-0.4, -0.2) is 25.6 Å². The minimum Gasteiger partial charge on any atom is -0.461 e. The smallest absolute Gasteiger partial charge is 0.354 e. The van der Waals surface area contributed by atoms with Crippen LogP contribution in [0.15, 0.2) is 29.2 Å². The second-order valence-corrected chi connectivity index (χ2v) is 7.31. The van der Waals surface area contributed by atoms with Crippen LogP contribution in [0.2, 0.25) is 0 Å². The molecule has 24 heavy (non-hydrogen) atoms. The predicted octanol–water partition coefficient (Wildman–Crippen LogP) is 2.93. The van der Waals surface area contributed by atoms with Gasteiger partial charge in [-0.05, 0) is 57.0 Å². The first-order valence-corrected chi connectivity index (χ1v) is 9.09. The molecule has 2 aromatic rings. The number of nitrogens with zero attached hydrogens (tertiary/aromatic N) is 1. The molecule has 130 valence electrons. The summed E-state index contributed by atoms with van der Waals surface area (Å²) in [6, 6.07) is 6.69. The van der Waals surface area contributed by atoms with Crippen LogP contribution in [-0.2, 0) is 21.8 Å². The van der Waals surface area contributed by atoms with E-state index in [4.69, 9.17) is 4.74 Å². The van der Waals surface area contributed by atoms with Crippen molar-refractivity contribution in [1.29, 1.82) is 0 Å². The van der Waals surface area contributed by atoms with E-state index in [1.165, 1.54) is 10.6 Å². The highest BCUT2D eigenvalue weighted by molar-refractivity contribution is 7.92. The molecule has 0 bridgehead atoms. The van der Waals surface area contributed by atoms with Crippen molar-refractivity contribution < 1.29 is 17.9 Å². The minimum atomic E-state index is -3.80. The zero-order valence-electron chi connectivity index (χ0n) is 14.5. The Bertz CT molecular complexity index is 882. The third-order valence-electron chi connectivity index (χ3n) is 4.02. The van der Waals surface area contributed by atoms with Crippen LogP contribution in [0.25, 0.3) is 0 Å². The molecule has 1 heterocycles. The van der Waals surface area contributed by atoms with Gasteiger partial charge in [-0.15, -0.1) is 0 Å². The highest BCUT2D eigenvalue weighted by Crippen LogP contribution is 2.24. The number of esters is 1. The number of aryl methyl sites for hydroxylation is 2. The van der Waals surface area contributed by atoms with Crippen molar-refractivity contribution in [2.45, 2.75) is 32.6 Å². The summed E-state index contributed by atoms with van der Waals surface area (Å²) in [7, 11) is -2.17. The number of aromatic nitrogens is 1. The fourth-order valence-corrected chi connectivity index (χ4v) is 3.70. The fraction of sp³-hybridized carbons (Fsp3) is 0.353. The number of rotatable bonds is 5. The zero-order chi connectivity index (χ0) is 18.1. The van der Waals surface area contributed by atoms with Crippen LogP contribution in [0, 0.1) is 20.8 Å². The molecule has 2 rings (SSSR count). The third-order valence-corrected chi connectivity index (χ3v) is 5.52. The van der Waals surface area contributed by atoms with Crippen LogP contribution < -0.4 is 4.72 Å². The normalized spacial score (nSPS) is 11.4. The van der Waals surface area contributed by atoms with E-state index in [2.05, 4.69) is 4.72 Å². The summed E-state index contributed by atoms with van der Waals surface area (Å²) < 4.78 is 34.4. The second kappa shape index (κ2) is 6.68. The Morgan fingerprint density at radius 1 is 1.17 bits per heavy atom. The van der Waals surface area contributed by atoms with E-state index in [-0.39, 0.29) is 17.2 Å². The van der Waals surface area contributed by atoms with E-state index in [1.807, 2.05) is 19.9 Å². The number of anilines is 1. The van der Waals surface area contributed by atoms with Gasteiger partial charge < -0.3 is 9.30 Å². The first-order chi connectivity index (χ1) is 11.2. The molecule has 0 saturated heterocycles. The Balaban J connectivity index is 2.40. The van der Waals surface area contributed by atoms with Crippen molar-refractivity contribution in [2.24, 2.45) is 7.05 Å². The first-order valence-electron chi connectivity index (χ1n) is 7.61. The summed E-state index contributed by atoms with van der Waals surface area (Å²) in [5.41, 5.74) is 3.23. The summed E-state index contributed by atoms with van der Waals surface area (Å²) in [4.78, 5) is 12.0. The number of sulfonamides is 1. The standard InChI is InChI=1S/C17H22N2O4S/c1-6-23-17(20)15-10-16(13(4)19(15)5)24(21,22)18-14-8-7-11(2)12(3)9-14/h7-10,18H,6H2,1-5H3. The predicted molar refractivity (Wildman–Crippen MR) is 92.8 cm³/mol. The lowest BCUT2D eigenvalue weighted by molar-refractivity contribution is 0.0515. The summed E-state index contributed by atoms with van der Waals surface area (Å²) in [5, 5.41) is 0. The molecule has 0 fully saturated rings. The quantitative estimate of drug-likeness (QED) is 0.841. The SMILES string of the molecule is CCOC(=O)c1cc(S(=O)(=O)Nc2ccc(C)c(C)c2)c(C)n1C. The van der Waals surface area contributed by atoms with Crippen LogP contribution in [0.1, 0.15) is 34.2 Å². The Morgan fingerprint density at radius 2 is 1.83 bits per heavy atom. The van der Waals surface area contributed by atoms with Gasteiger partial charge in [-0.2, -0.15) is 0 Å². The molecular formula is C17H22N2O4S. The van der Waals surface area contributed by atoms with E-state index >= 15 is 0 Å². The Hall–Kier alpha value is -2.28. The molecule has 0 aliphatic carbocycles. The number of carbonyl (C=O) groups is 1. The van der Waals surface area contributed by atoms with Crippen molar-refractivity contribution in [2.75, 3.05) is 11.3 Å². The number of hydrogen-bond acceptors (Lipinski definition) is 4. The van der Waals surface area contributed by atoms with Gasteiger partial charge in [-0.1, -0.05) is 6.07 Å². The van der Waals surface area contributed by atoms with Gasteiger partial charge in [0.25, 0.3) is 10.0 Å². The van der Waals surface area contributed by atoms with Gasteiger partial charge in [-0.25, -0.2) is 13.2 Å². The number of nitrogens with one attached hydrogen (secondary N) is 1. The van der Waals surface area contributed by atoms with E-state index in [9.17, 15) is 13.2 Å². The van der Waals surface area contributed by atoms with Crippen LogP contribution in [0.3, 0.4) is 0 Å². The molecule has 0 atom stereocenters. The lowest BCUT2D eigenvalue weighted by atomic mass is 10.1. The largest absolute Gasteiger partial charge is 0.461 e. The zero-order valence-corrected chi connectivity index (χ0v) is 15.3. The lowest BCUT2D eigenvalue weighted by Crippen LogP contribution is -2.14. The molecule has 1 aromatic heterocycles. The van der Waals surface area contributed by atoms with Crippen molar-refractivity contribution >= 4 is 21.7 Å². The highest BCUT2D eigenvalue weighted by atomic mass is 32.2. The average molecular weight is 350 g/mol. The fourth-order valence-electron chi connectivity index (χ4n) is 2.36. The molecule has 0 spiro atoms. The van der Waals surface area contributed by atoms with Gasteiger partial charge in [0, 0.05) is 18.4 Å². The molecule has 0 aliphatic heterocycles. The van der Waals surface area contributed by atoms with Gasteiger partial charge in [0.1, 0.15) is 10.6 Å². The van der Waals surface area contributed by atoms with Crippen LogP contribution in [0.5, 0.6) is 0 Å². The maximum absolute atomic E-state index is 12.7. The number of hydrogen-bond donors (Lipinski definition) is 1. The first kappa shape index (κ1) is 18.1. The van der Waals surface area contributed by atoms with E-state index in [0.717, 1.165) is 11.1 Å². The van der Waals surface area contributed by atoms with Crippen molar-refractivity contribution in [3.63, 3.8) is 0 Å². The van der Waals surface area contributed by atoms with Gasteiger partial charge in [0.2, 0.25) is 0 Å². The monoisotopic (exact) mass is 350 g/mol. The van der Waals surface area contributed by atoms with E-state index in [0.29, 0.717) is 11.4 Å². The van der Waals surface area contributed by atoms with E-state index < -0.39 is 16.0 Å². The molecule has 0 amide bonds. The van der Waals surface area contributed by atoms with Gasteiger partial charge >= 0.3 is 5.97 Å². The molecule has 1 aromatic carbocycles. The van der Waals surface area contributed by atoms with Crippen molar-refractivity contribution in [3.8, 4) is 0 Å². The minimum absolute atomic E-state index is 0.0614. The molecule has 1 N–H and O–H groups in total. The molecule has 0 aliphatic rings. The van der Waals surface area contributed by atoms with Crippen molar-refractivity contribution in [1.82, 2.24) is 4.57 Å². The number of carbonyl (C=O) groups excluding carboxylic acids is 1. The summed E-state index contributed by atoms with van der Waals surface area (Å²) >= 11 is 0. The maximum Gasteiger partial charge on any atom is 0.354 e. The van der Waals surface area contributed by atoms with Crippen LogP contribution >= 0.6 is 0 Å². The molecule has 0 radical (unpaired) electrons. The second-order valence-electron chi connectivity index (χ2n) is 5.66. The maximum atomic E-state index is 12.7. The third kappa shape index (κ3) is 3.46. The average Bonchev–Trinajstić information content (AvgIpc) is 2.80. The molecule has 6 nitrogen and oxygen atoms in total. The number of benzene rings is 1. The molecule has 0 saturated carbocycles. The van der Waals surface area contributed by atoms with Crippen molar-refractivity contribution in [3.05, 3.63) is 46.8 Å². The van der Waals surface area contributed by atoms with E-state index in [1.54, 1.807) is 33.0 Å². The molecular weight excluding hydrogens is 328 g/mol. The Kier molecular flexibility index (Phi) is 5.03.